The first-order valence-corrected chi connectivity index (χ1v) is 14.9. The Morgan fingerprint density at radius 3 is 2.58 bits per heavy atom. The van der Waals surface area contributed by atoms with Crippen LogP contribution in [0.15, 0.2) is 23.1 Å². The maximum Gasteiger partial charge on any atom is 0.289 e. The lowest BCUT2D eigenvalue weighted by Crippen LogP contribution is -2.49. The van der Waals surface area contributed by atoms with E-state index in [2.05, 4.69) is 18.7 Å². The summed E-state index contributed by atoms with van der Waals surface area (Å²) in [4.78, 5) is 25.0. The van der Waals surface area contributed by atoms with Crippen LogP contribution in [0.25, 0.3) is 10.2 Å². The van der Waals surface area contributed by atoms with Gasteiger partial charge in [0.25, 0.3) is 5.69 Å². The van der Waals surface area contributed by atoms with E-state index in [1.807, 2.05) is 0 Å². The average Bonchev–Trinajstić information content (AvgIpc) is 3.26. The molecule has 1 unspecified atom stereocenters. The molecular formula is C24H28ClN5O4S2. The van der Waals surface area contributed by atoms with Gasteiger partial charge in [0, 0.05) is 43.0 Å². The molecule has 3 heterocycles. The number of fused-ring (bicyclic) bond motifs is 3. The number of halogens is 1. The summed E-state index contributed by atoms with van der Waals surface area (Å²) < 4.78 is 27.9. The third-order valence-corrected chi connectivity index (χ3v) is 10.6. The number of anilines is 1. The van der Waals surface area contributed by atoms with Crippen molar-refractivity contribution >= 4 is 54.7 Å². The first-order valence-electron chi connectivity index (χ1n) is 12.2. The highest BCUT2D eigenvalue weighted by Crippen LogP contribution is 2.41. The molecule has 1 aliphatic heterocycles. The van der Waals surface area contributed by atoms with Crippen LogP contribution in [0.3, 0.4) is 0 Å². The molecule has 0 amide bonds. The fraction of sp³-hybridized carbons (Fsp3) is 0.500. The van der Waals surface area contributed by atoms with Crippen molar-refractivity contribution in [3.63, 3.8) is 0 Å². The monoisotopic (exact) mass is 549 g/mol. The Hall–Kier alpha value is -2.34. The molecule has 0 saturated carbocycles. The van der Waals surface area contributed by atoms with Gasteiger partial charge in [-0.1, -0.05) is 25.4 Å². The van der Waals surface area contributed by atoms with E-state index < -0.39 is 20.6 Å². The zero-order chi connectivity index (χ0) is 25.6. The van der Waals surface area contributed by atoms with E-state index in [0.717, 1.165) is 53.6 Å². The highest BCUT2D eigenvalue weighted by molar-refractivity contribution is 7.89. The lowest BCUT2D eigenvalue weighted by atomic mass is 9.96. The zero-order valence-corrected chi connectivity index (χ0v) is 22.6. The van der Waals surface area contributed by atoms with Crippen LogP contribution in [0.1, 0.15) is 55.3 Å². The predicted octanol–water partition coefficient (Wildman–Crippen LogP) is 5.16. The summed E-state index contributed by atoms with van der Waals surface area (Å²) in [5.41, 5.74) is 0.940. The number of piperazine rings is 1. The van der Waals surface area contributed by atoms with Gasteiger partial charge in [-0.15, -0.1) is 11.3 Å². The van der Waals surface area contributed by atoms with Gasteiger partial charge in [0.1, 0.15) is 21.5 Å². The Morgan fingerprint density at radius 1 is 1.17 bits per heavy atom. The van der Waals surface area contributed by atoms with Gasteiger partial charge < -0.3 is 4.90 Å². The first-order chi connectivity index (χ1) is 17.2. The molecule has 2 aromatic heterocycles. The van der Waals surface area contributed by atoms with E-state index in [0.29, 0.717) is 13.1 Å². The number of hydrogen-bond acceptors (Lipinski definition) is 8. The number of nitrogens with zero attached hydrogens (tertiary/aromatic N) is 5. The Kier molecular flexibility index (Phi) is 6.92. The van der Waals surface area contributed by atoms with Crippen LogP contribution in [-0.4, -0.2) is 53.8 Å². The van der Waals surface area contributed by atoms with Crippen molar-refractivity contribution in [1.82, 2.24) is 14.3 Å². The summed E-state index contributed by atoms with van der Waals surface area (Å²) in [6.07, 6.45) is 5.39. The molecule has 1 aromatic carbocycles. The summed E-state index contributed by atoms with van der Waals surface area (Å²) in [6, 6.07) is 3.62. The number of nitro benzene ring substituents is 1. The second kappa shape index (κ2) is 9.85. The van der Waals surface area contributed by atoms with Gasteiger partial charge in [0.2, 0.25) is 10.0 Å². The molecule has 36 heavy (non-hydrogen) atoms. The third kappa shape index (κ3) is 4.46. The number of rotatable bonds is 6. The molecular weight excluding hydrogens is 522 g/mol. The number of thiophene rings is 1. The lowest BCUT2D eigenvalue weighted by molar-refractivity contribution is -0.384. The van der Waals surface area contributed by atoms with Crippen LogP contribution in [-0.2, 0) is 22.9 Å². The molecule has 2 aliphatic rings. The van der Waals surface area contributed by atoms with Crippen molar-refractivity contribution in [3.8, 4) is 0 Å². The summed E-state index contributed by atoms with van der Waals surface area (Å²) >= 11 is 7.66. The minimum atomic E-state index is -3.90. The maximum absolute atomic E-state index is 13.3. The molecule has 1 aliphatic carbocycles. The molecule has 12 heteroatoms. The van der Waals surface area contributed by atoms with Gasteiger partial charge in [-0.05, 0) is 49.8 Å². The number of sulfonamides is 1. The van der Waals surface area contributed by atoms with Crippen LogP contribution >= 0.6 is 22.9 Å². The van der Waals surface area contributed by atoms with E-state index in [-0.39, 0.29) is 28.9 Å². The van der Waals surface area contributed by atoms with E-state index in [1.165, 1.54) is 33.3 Å². The van der Waals surface area contributed by atoms with Crippen LogP contribution in [0.4, 0.5) is 11.5 Å². The van der Waals surface area contributed by atoms with Gasteiger partial charge in [0.05, 0.1) is 15.2 Å². The highest BCUT2D eigenvalue weighted by Gasteiger charge is 2.32. The van der Waals surface area contributed by atoms with Crippen molar-refractivity contribution < 1.29 is 13.3 Å². The minimum Gasteiger partial charge on any atom is -0.353 e. The summed E-state index contributed by atoms with van der Waals surface area (Å²) in [6.45, 7) is 5.73. The second-order valence-corrected chi connectivity index (χ2v) is 12.8. The highest BCUT2D eigenvalue weighted by atomic mass is 35.5. The van der Waals surface area contributed by atoms with Crippen molar-refractivity contribution in [2.45, 2.75) is 56.8 Å². The van der Waals surface area contributed by atoms with Gasteiger partial charge in [-0.2, -0.15) is 4.31 Å². The van der Waals surface area contributed by atoms with Gasteiger partial charge >= 0.3 is 0 Å². The van der Waals surface area contributed by atoms with Crippen molar-refractivity contribution in [1.29, 1.82) is 0 Å². The molecule has 1 atom stereocenters. The van der Waals surface area contributed by atoms with Crippen LogP contribution < -0.4 is 4.90 Å². The second-order valence-electron chi connectivity index (χ2n) is 9.37. The fourth-order valence-electron chi connectivity index (χ4n) is 4.87. The Morgan fingerprint density at radius 2 is 1.89 bits per heavy atom. The number of nitro groups is 1. The van der Waals surface area contributed by atoms with Crippen LogP contribution in [0, 0.1) is 10.1 Å². The van der Waals surface area contributed by atoms with Gasteiger partial charge in [0.15, 0.2) is 0 Å². The summed E-state index contributed by atoms with van der Waals surface area (Å²) in [5, 5.41) is 12.3. The molecule has 1 saturated heterocycles. The fourth-order valence-corrected chi connectivity index (χ4v) is 7.76. The molecule has 3 aromatic rings. The van der Waals surface area contributed by atoms with E-state index in [1.54, 1.807) is 11.3 Å². The first kappa shape index (κ1) is 25.3. The molecule has 192 valence electrons. The molecule has 5 rings (SSSR count). The van der Waals surface area contributed by atoms with Crippen molar-refractivity contribution in [3.05, 3.63) is 49.6 Å². The Balaban J connectivity index is 1.45. The van der Waals surface area contributed by atoms with Crippen molar-refractivity contribution in [2.24, 2.45) is 0 Å². The number of aromatic nitrogens is 2. The predicted molar refractivity (Wildman–Crippen MR) is 142 cm³/mol. The van der Waals surface area contributed by atoms with E-state index >= 15 is 0 Å². The summed E-state index contributed by atoms with van der Waals surface area (Å²) in [7, 11) is -3.90. The zero-order valence-electron chi connectivity index (χ0n) is 20.2. The smallest absolute Gasteiger partial charge is 0.289 e. The lowest BCUT2D eigenvalue weighted by Gasteiger charge is -2.35. The van der Waals surface area contributed by atoms with E-state index in [4.69, 9.17) is 21.6 Å². The standard InChI is InChI=1S/C24H28ClN5O4S2/c1-3-15(2)22-26-23(21-17-6-4-5-7-20(17)35-24(21)27-22)28-10-12-29(13-11-28)36(33,34)16-8-9-18(25)19(14-16)30(31)32/h8-9,14-15H,3-7,10-13H2,1-2H3. The largest absolute Gasteiger partial charge is 0.353 e. The normalized spacial score (nSPS) is 17.8. The molecule has 1 fully saturated rings. The molecule has 0 N–H and O–H groups in total. The Bertz CT molecular complexity index is 1430. The molecule has 0 spiro atoms. The molecule has 0 bridgehead atoms. The third-order valence-electron chi connectivity index (χ3n) is 7.16. The molecule has 9 nitrogen and oxygen atoms in total. The van der Waals surface area contributed by atoms with E-state index in [9.17, 15) is 18.5 Å². The van der Waals surface area contributed by atoms with Gasteiger partial charge in [-0.3, -0.25) is 10.1 Å². The number of aryl methyl sites for hydroxylation is 2. The van der Waals surface area contributed by atoms with Gasteiger partial charge in [-0.25, -0.2) is 18.4 Å². The minimum absolute atomic E-state index is 0.0900. The maximum atomic E-state index is 13.3. The molecule has 0 radical (unpaired) electrons. The van der Waals surface area contributed by atoms with Crippen LogP contribution in [0.5, 0.6) is 0 Å². The Labute approximate surface area is 219 Å². The average molecular weight is 550 g/mol. The van der Waals surface area contributed by atoms with Crippen LogP contribution in [0.2, 0.25) is 5.02 Å². The topological polar surface area (TPSA) is 110 Å². The number of hydrogen-bond donors (Lipinski definition) is 0. The summed E-state index contributed by atoms with van der Waals surface area (Å²) in [5.74, 6) is 1.98. The number of benzene rings is 1. The SMILES string of the molecule is CCC(C)c1nc(N2CCN(S(=O)(=O)c3ccc(Cl)c([N+](=O)[O-])c3)CC2)c2c3c(sc2n1)CCCC3. The quantitative estimate of drug-likeness (QED) is 0.308. The van der Waals surface area contributed by atoms with Crippen molar-refractivity contribution in [2.75, 3.05) is 31.1 Å².